The molecule has 1 rings (SSSR count). The summed E-state index contributed by atoms with van der Waals surface area (Å²) in [6.45, 7) is 0. The maximum absolute atomic E-state index is 10.8. The fourth-order valence-electron chi connectivity index (χ4n) is 1.17. The highest BCUT2D eigenvalue weighted by Gasteiger charge is 2.05. The van der Waals surface area contributed by atoms with Crippen molar-refractivity contribution in [3.05, 3.63) is 23.8 Å². The summed E-state index contributed by atoms with van der Waals surface area (Å²) in [4.78, 5) is 10.8. The number of hydrogen-bond acceptors (Lipinski definition) is 3. The molecule has 0 aliphatic carbocycles. The molecule has 84 valence electrons. The zero-order chi connectivity index (χ0) is 10.6. The van der Waals surface area contributed by atoms with Gasteiger partial charge in [0.25, 0.3) is 0 Å². The molecule has 0 bridgehead atoms. The van der Waals surface area contributed by atoms with E-state index in [1.54, 1.807) is 26.4 Å². The van der Waals surface area contributed by atoms with Crippen molar-refractivity contribution in [2.45, 2.75) is 6.42 Å². The highest BCUT2D eigenvalue weighted by molar-refractivity contribution is 7.96. The molecule has 3 nitrogen and oxygen atoms in total. The lowest BCUT2D eigenvalue weighted by Crippen LogP contribution is -1.96. The van der Waals surface area contributed by atoms with Crippen LogP contribution in [0, 0.1) is 0 Å². The quantitative estimate of drug-likeness (QED) is 0.830. The fourth-order valence-corrected chi connectivity index (χ4v) is 1.35. The Balaban J connectivity index is 0.00000196. The molecule has 0 fully saturated rings. The topological polar surface area (TPSA) is 35.5 Å². The number of rotatable bonds is 4. The molecule has 0 aromatic heterocycles. The predicted molar refractivity (Wildman–Crippen MR) is 64.5 cm³/mol. The molecule has 0 saturated carbocycles. The van der Waals surface area contributed by atoms with E-state index in [4.69, 9.17) is 9.47 Å². The van der Waals surface area contributed by atoms with Gasteiger partial charge in [-0.05, 0) is 17.7 Å². The number of methoxy groups -OCH3 is 2. The van der Waals surface area contributed by atoms with Gasteiger partial charge in [0.05, 0.1) is 14.2 Å². The Morgan fingerprint density at radius 3 is 2.33 bits per heavy atom. The SMILES string of the molecule is COc1ccc(CC(=O)S)cc1OC.Cl. The second kappa shape index (κ2) is 6.58. The van der Waals surface area contributed by atoms with Crippen LogP contribution in [0.4, 0.5) is 0 Å². The molecule has 0 unspecified atom stereocenters. The number of thiol groups is 1. The molecule has 15 heavy (non-hydrogen) atoms. The lowest BCUT2D eigenvalue weighted by molar-refractivity contribution is -0.110. The minimum Gasteiger partial charge on any atom is -0.493 e. The van der Waals surface area contributed by atoms with Crippen molar-refractivity contribution in [2.24, 2.45) is 0 Å². The standard InChI is InChI=1S/C10H12O3S.ClH/c1-12-8-4-3-7(6-10(11)14)5-9(8)13-2;/h3-5H,6H2,1-2H3,(H,11,14);1H. The van der Waals surface area contributed by atoms with Crippen molar-refractivity contribution in [1.29, 1.82) is 0 Å². The number of benzene rings is 1. The Morgan fingerprint density at radius 1 is 1.27 bits per heavy atom. The number of carbonyl (C=O) groups excluding carboxylic acids is 1. The van der Waals surface area contributed by atoms with E-state index >= 15 is 0 Å². The lowest BCUT2D eigenvalue weighted by Gasteiger charge is -2.08. The molecular formula is C10H13ClO3S. The highest BCUT2D eigenvalue weighted by atomic mass is 35.5. The molecule has 0 N–H and O–H groups in total. The average Bonchev–Trinajstić information content (AvgIpc) is 2.16. The van der Waals surface area contributed by atoms with E-state index in [-0.39, 0.29) is 17.5 Å². The average molecular weight is 249 g/mol. The van der Waals surface area contributed by atoms with Gasteiger partial charge in [-0.2, -0.15) is 0 Å². The van der Waals surface area contributed by atoms with Crippen LogP contribution in [-0.2, 0) is 11.2 Å². The Labute approximate surface area is 101 Å². The van der Waals surface area contributed by atoms with E-state index in [0.717, 1.165) is 5.56 Å². The van der Waals surface area contributed by atoms with Gasteiger partial charge in [-0.25, -0.2) is 0 Å². The van der Waals surface area contributed by atoms with E-state index < -0.39 is 0 Å². The molecule has 1 aromatic carbocycles. The third-order valence-corrected chi connectivity index (χ3v) is 1.96. The second-order valence-corrected chi connectivity index (χ2v) is 3.26. The number of carbonyl (C=O) groups is 1. The van der Waals surface area contributed by atoms with E-state index in [0.29, 0.717) is 17.9 Å². The second-order valence-electron chi connectivity index (χ2n) is 2.76. The summed E-state index contributed by atoms with van der Waals surface area (Å²) in [6.07, 6.45) is 0.295. The molecule has 0 aliphatic rings. The van der Waals surface area contributed by atoms with Crippen molar-refractivity contribution in [3.63, 3.8) is 0 Å². The van der Waals surface area contributed by atoms with Gasteiger partial charge in [-0.1, -0.05) is 6.07 Å². The van der Waals surface area contributed by atoms with E-state index in [1.807, 2.05) is 6.07 Å². The van der Waals surface area contributed by atoms with Crippen molar-refractivity contribution < 1.29 is 14.3 Å². The zero-order valence-electron chi connectivity index (χ0n) is 8.52. The summed E-state index contributed by atoms with van der Waals surface area (Å²) in [5, 5.41) is -0.169. The Hall–Kier alpha value is -0.870. The Morgan fingerprint density at radius 2 is 1.87 bits per heavy atom. The Kier molecular flexibility index (Phi) is 6.20. The largest absolute Gasteiger partial charge is 0.493 e. The minimum absolute atomic E-state index is 0. The molecular weight excluding hydrogens is 236 g/mol. The summed E-state index contributed by atoms with van der Waals surface area (Å²) >= 11 is 3.71. The molecule has 0 amide bonds. The van der Waals surface area contributed by atoms with Crippen LogP contribution in [0.5, 0.6) is 11.5 Å². The Bertz CT molecular complexity index is 341. The van der Waals surface area contributed by atoms with Crippen molar-refractivity contribution in [1.82, 2.24) is 0 Å². The number of halogens is 1. The summed E-state index contributed by atoms with van der Waals surface area (Å²) in [5.74, 6) is 1.28. The number of ether oxygens (including phenoxy) is 2. The normalized spacial score (nSPS) is 9.00. The third-order valence-electron chi connectivity index (χ3n) is 1.80. The van der Waals surface area contributed by atoms with Crippen LogP contribution < -0.4 is 9.47 Å². The molecule has 0 atom stereocenters. The van der Waals surface area contributed by atoms with Gasteiger partial charge in [0.15, 0.2) is 16.6 Å². The summed E-state index contributed by atoms with van der Waals surface area (Å²) in [6, 6.07) is 5.35. The van der Waals surface area contributed by atoms with Crippen LogP contribution in [0.15, 0.2) is 18.2 Å². The first-order valence-corrected chi connectivity index (χ1v) is 4.54. The van der Waals surface area contributed by atoms with Gasteiger partial charge in [-0.3, -0.25) is 4.79 Å². The predicted octanol–water partition coefficient (Wildman–Crippen LogP) is 2.12. The van der Waals surface area contributed by atoms with Gasteiger partial charge in [-0.15, -0.1) is 25.0 Å². The molecule has 0 radical (unpaired) electrons. The maximum Gasteiger partial charge on any atom is 0.190 e. The summed E-state index contributed by atoms with van der Waals surface area (Å²) in [5.41, 5.74) is 0.864. The summed E-state index contributed by atoms with van der Waals surface area (Å²) < 4.78 is 10.2. The first-order chi connectivity index (χ1) is 6.67. The van der Waals surface area contributed by atoms with Crippen LogP contribution in [-0.4, -0.2) is 19.3 Å². The van der Waals surface area contributed by atoms with E-state index in [1.165, 1.54) is 0 Å². The van der Waals surface area contributed by atoms with Crippen LogP contribution >= 0.6 is 25.0 Å². The molecule has 1 aromatic rings. The van der Waals surface area contributed by atoms with Crippen LogP contribution in [0.1, 0.15) is 5.56 Å². The minimum atomic E-state index is -0.169. The molecule has 0 spiro atoms. The van der Waals surface area contributed by atoms with Crippen molar-refractivity contribution in [3.8, 4) is 11.5 Å². The molecule has 5 heteroatoms. The fraction of sp³-hybridized carbons (Fsp3) is 0.300. The maximum atomic E-state index is 10.8. The van der Waals surface area contributed by atoms with Crippen LogP contribution in [0.3, 0.4) is 0 Å². The van der Waals surface area contributed by atoms with Gasteiger partial charge >= 0.3 is 0 Å². The third kappa shape index (κ3) is 4.01. The van der Waals surface area contributed by atoms with Crippen molar-refractivity contribution in [2.75, 3.05) is 14.2 Å². The van der Waals surface area contributed by atoms with E-state index in [9.17, 15) is 4.79 Å². The highest BCUT2D eigenvalue weighted by Crippen LogP contribution is 2.27. The van der Waals surface area contributed by atoms with Crippen LogP contribution in [0.2, 0.25) is 0 Å². The van der Waals surface area contributed by atoms with Crippen molar-refractivity contribution >= 4 is 30.2 Å². The molecule has 0 aliphatic heterocycles. The number of hydrogen-bond donors (Lipinski definition) is 1. The summed E-state index contributed by atoms with van der Waals surface area (Å²) in [7, 11) is 3.13. The van der Waals surface area contributed by atoms with Gasteiger partial charge in [0, 0.05) is 6.42 Å². The van der Waals surface area contributed by atoms with Crippen LogP contribution in [0.25, 0.3) is 0 Å². The monoisotopic (exact) mass is 248 g/mol. The van der Waals surface area contributed by atoms with Gasteiger partial charge in [0.1, 0.15) is 0 Å². The smallest absolute Gasteiger partial charge is 0.190 e. The lowest BCUT2D eigenvalue weighted by atomic mass is 10.1. The molecule has 0 saturated heterocycles. The first-order valence-electron chi connectivity index (χ1n) is 4.10. The zero-order valence-corrected chi connectivity index (χ0v) is 10.2. The van der Waals surface area contributed by atoms with E-state index in [2.05, 4.69) is 12.6 Å². The molecule has 0 heterocycles. The first kappa shape index (κ1) is 14.1. The van der Waals surface area contributed by atoms with Gasteiger partial charge < -0.3 is 9.47 Å². The van der Waals surface area contributed by atoms with Gasteiger partial charge in [0.2, 0.25) is 0 Å².